The van der Waals surface area contributed by atoms with Crippen LogP contribution in [0, 0.1) is 0 Å². The molecule has 0 heterocycles. The zero-order valence-electron chi connectivity index (χ0n) is 28.9. The van der Waals surface area contributed by atoms with Gasteiger partial charge in [0.1, 0.15) is 28.7 Å². The Labute approximate surface area is 309 Å². The molecule has 0 aliphatic rings. The predicted molar refractivity (Wildman–Crippen MR) is 196 cm³/mol. The molecule has 0 fully saturated rings. The Morgan fingerprint density at radius 2 is 1.08 bits per heavy atom. The maximum absolute atomic E-state index is 13.0. The molecule has 2 amide bonds. The van der Waals surface area contributed by atoms with Crippen LogP contribution >= 0.6 is 23.2 Å². The molecule has 0 aliphatic carbocycles. The molecule has 4 aromatic carbocycles. The van der Waals surface area contributed by atoms with Gasteiger partial charge in [-0.3, -0.25) is 19.2 Å². The van der Waals surface area contributed by atoms with E-state index in [1.54, 1.807) is 66.7 Å². The fraction of sp³-hybridized carbons (Fsp3) is 0.222. The SMILES string of the molecule is COc1ccc(OC)c(NC(=O)C(N=Nc2ccc(-c3ccc(N=NC(C(C)=O)C(=O)Nc4cc(OC)ccc4OC)c(Cl)c3Cl)cc2)C(C)=O)c1. The highest BCUT2D eigenvalue weighted by molar-refractivity contribution is 6.45. The standard InChI is InChI=1S/C36H34Cl2N6O8/c1-19(45)33(35(47)39-27-17-23(49-3)11-15-29(27)51-5)43-41-22-9-7-21(8-10-22)25-13-14-26(32(38)31(25)37)42-44-34(20(2)46)36(48)40-28-18-24(50-4)12-16-30(28)52-6/h7-18,33-34H,1-6H3,(H,39,47)(H,40,48). The second-order valence-corrected chi connectivity index (χ2v) is 11.6. The highest BCUT2D eigenvalue weighted by Crippen LogP contribution is 2.40. The number of methoxy groups -OCH3 is 4. The van der Waals surface area contributed by atoms with Gasteiger partial charge in [-0.1, -0.05) is 41.4 Å². The van der Waals surface area contributed by atoms with E-state index >= 15 is 0 Å². The second kappa shape index (κ2) is 17.9. The normalized spacial score (nSPS) is 12.2. The highest BCUT2D eigenvalue weighted by atomic mass is 35.5. The Balaban J connectivity index is 1.49. The van der Waals surface area contributed by atoms with Gasteiger partial charge in [-0.05, 0) is 61.9 Å². The number of anilines is 2. The van der Waals surface area contributed by atoms with E-state index in [0.29, 0.717) is 45.5 Å². The second-order valence-electron chi connectivity index (χ2n) is 10.9. The molecule has 0 aromatic heterocycles. The van der Waals surface area contributed by atoms with Crippen molar-refractivity contribution in [2.75, 3.05) is 39.1 Å². The van der Waals surface area contributed by atoms with E-state index in [9.17, 15) is 19.2 Å². The van der Waals surface area contributed by atoms with Gasteiger partial charge in [0, 0.05) is 17.7 Å². The highest BCUT2D eigenvalue weighted by Gasteiger charge is 2.26. The molecule has 270 valence electrons. The number of benzene rings is 4. The van der Waals surface area contributed by atoms with Gasteiger partial charge in [0.05, 0.1) is 55.5 Å². The van der Waals surface area contributed by atoms with E-state index < -0.39 is 35.5 Å². The number of Topliss-reactive ketones (excluding diaryl/α,β-unsaturated/α-hetero) is 2. The van der Waals surface area contributed by atoms with Crippen molar-refractivity contribution < 1.29 is 38.1 Å². The minimum atomic E-state index is -1.49. The van der Waals surface area contributed by atoms with Gasteiger partial charge in [0.25, 0.3) is 11.8 Å². The average molecular weight is 750 g/mol. The number of hydrogen-bond acceptors (Lipinski definition) is 12. The molecule has 0 bridgehead atoms. The zero-order chi connectivity index (χ0) is 37.9. The molecule has 16 heteroatoms. The minimum Gasteiger partial charge on any atom is -0.497 e. The molecule has 4 aromatic rings. The van der Waals surface area contributed by atoms with Gasteiger partial charge < -0.3 is 29.6 Å². The third-order valence-corrected chi connectivity index (χ3v) is 8.28. The molecular formula is C36H34Cl2N6O8. The van der Waals surface area contributed by atoms with Gasteiger partial charge >= 0.3 is 0 Å². The molecule has 0 saturated carbocycles. The number of amides is 2. The maximum Gasteiger partial charge on any atom is 0.258 e. The van der Waals surface area contributed by atoms with Crippen LogP contribution in [0.1, 0.15) is 13.8 Å². The van der Waals surface area contributed by atoms with Crippen LogP contribution in [0.2, 0.25) is 10.0 Å². The van der Waals surface area contributed by atoms with Crippen molar-refractivity contribution in [1.29, 1.82) is 0 Å². The Morgan fingerprint density at radius 1 is 0.596 bits per heavy atom. The number of carbonyl (C=O) groups is 4. The summed E-state index contributed by atoms with van der Waals surface area (Å²) in [4.78, 5) is 50.7. The summed E-state index contributed by atoms with van der Waals surface area (Å²) >= 11 is 13.2. The van der Waals surface area contributed by atoms with Crippen molar-refractivity contribution in [2.45, 2.75) is 25.9 Å². The van der Waals surface area contributed by atoms with E-state index in [1.165, 1.54) is 48.4 Å². The molecule has 52 heavy (non-hydrogen) atoms. The molecule has 2 unspecified atom stereocenters. The number of hydrogen-bond donors (Lipinski definition) is 2. The first-order chi connectivity index (χ1) is 24.9. The van der Waals surface area contributed by atoms with E-state index in [0.717, 1.165) is 0 Å². The Morgan fingerprint density at radius 3 is 1.52 bits per heavy atom. The Kier molecular flexibility index (Phi) is 13.4. The number of halogens is 2. The fourth-order valence-electron chi connectivity index (χ4n) is 4.65. The largest absolute Gasteiger partial charge is 0.497 e. The summed E-state index contributed by atoms with van der Waals surface area (Å²) in [5.74, 6) is -0.871. The molecule has 2 atom stereocenters. The fourth-order valence-corrected chi connectivity index (χ4v) is 5.13. The van der Waals surface area contributed by atoms with Gasteiger partial charge in [-0.15, -0.1) is 0 Å². The molecule has 4 rings (SSSR count). The molecule has 0 radical (unpaired) electrons. The number of azo groups is 2. The van der Waals surface area contributed by atoms with Crippen molar-refractivity contribution in [3.05, 3.63) is 82.8 Å². The monoisotopic (exact) mass is 748 g/mol. The van der Waals surface area contributed by atoms with Gasteiger partial charge in [-0.25, -0.2) is 0 Å². The van der Waals surface area contributed by atoms with Crippen molar-refractivity contribution in [1.82, 2.24) is 0 Å². The first kappa shape index (κ1) is 38.9. The molecule has 0 saturated heterocycles. The van der Waals surface area contributed by atoms with Crippen LogP contribution in [0.25, 0.3) is 11.1 Å². The topological polar surface area (TPSA) is 179 Å². The van der Waals surface area contributed by atoms with Gasteiger partial charge in [0.15, 0.2) is 11.6 Å². The Hall–Kier alpha value is -5.86. The lowest BCUT2D eigenvalue weighted by atomic mass is 10.0. The summed E-state index contributed by atoms with van der Waals surface area (Å²) in [6, 6.07) is 16.5. The van der Waals surface area contributed by atoms with Crippen LogP contribution in [0.15, 0.2) is 93.3 Å². The van der Waals surface area contributed by atoms with Crippen LogP contribution < -0.4 is 29.6 Å². The summed E-state index contributed by atoms with van der Waals surface area (Å²) in [6.45, 7) is 2.45. The molecule has 0 aliphatic heterocycles. The van der Waals surface area contributed by atoms with Crippen LogP contribution in [0.4, 0.5) is 22.7 Å². The number of nitrogens with zero attached hydrogens (tertiary/aromatic N) is 4. The third-order valence-electron chi connectivity index (χ3n) is 7.41. The molecule has 14 nitrogen and oxygen atoms in total. The first-order valence-electron chi connectivity index (χ1n) is 15.4. The molecule has 2 N–H and O–H groups in total. The minimum absolute atomic E-state index is 0.0341. The van der Waals surface area contributed by atoms with Crippen molar-refractivity contribution in [3.8, 4) is 34.1 Å². The smallest absolute Gasteiger partial charge is 0.258 e. The molecule has 0 spiro atoms. The number of ether oxygens (including phenoxy) is 4. The average Bonchev–Trinajstić information content (AvgIpc) is 3.13. The van der Waals surface area contributed by atoms with Crippen LogP contribution in [0.3, 0.4) is 0 Å². The maximum atomic E-state index is 13.0. The third kappa shape index (κ3) is 9.47. The summed E-state index contributed by atoms with van der Waals surface area (Å²) in [5, 5.41) is 21.5. The van der Waals surface area contributed by atoms with Crippen molar-refractivity contribution >= 4 is 69.3 Å². The number of carbonyl (C=O) groups excluding carboxylic acids is 4. The van der Waals surface area contributed by atoms with Gasteiger partial charge in [-0.2, -0.15) is 20.5 Å². The lowest BCUT2D eigenvalue weighted by molar-refractivity contribution is -0.127. The van der Waals surface area contributed by atoms with Crippen molar-refractivity contribution in [2.24, 2.45) is 20.5 Å². The van der Waals surface area contributed by atoms with Crippen LogP contribution in [-0.4, -0.2) is 63.9 Å². The zero-order valence-corrected chi connectivity index (χ0v) is 30.4. The van der Waals surface area contributed by atoms with E-state index in [-0.39, 0.29) is 21.4 Å². The van der Waals surface area contributed by atoms with Crippen LogP contribution in [-0.2, 0) is 19.2 Å². The summed E-state index contributed by atoms with van der Waals surface area (Å²) in [6.07, 6.45) is 0. The lowest BCUT2D eigenvalue weighted by Gasteiger charge is -2.14. The number of rotatable bonds is 15. The van der Waals surface area contributed by atoms with E-state index in [2.05, 4.69) is 31.1 Å². The molecular weight excluding hydrogens is 715 g/mol. The lowest BCUT2D eigenvalue weighted by Crippen LogP contribution is -2.32. The van der Waals surface area contributed by atoms with Gasteiger partial charge in [0.2, 0.25) is 12.1 Å². The number of ketones is 2. The summed E-state index contributed by atoms with van der Waals surface area (Å²) < 4.78 is 21.0. The van der Waals surface area contributed by atoms with Crippen LogP contribution in [0.5, 0.6) is 23.0 Å². The quantitative estimate of drug-likeness (QED) is 0.0905. The van der Waals surface area contributed by atoms with E-state index in [4.69, 9.17) is 42.1 Å². The summed E-state index contributed by atoms with van der Waals surface area (Å²) in [7, 11) is 5.84. The van der Waals surface area contributed by atoms with E-state index in [1.807, 2.05) is 0 Å². The first-order valence-corrected chi connectivity index (χ1v) is 16.1. The Bertz CT molecular complexity index is 2040. The predicted octanol–water partition coefficient (Wildman–Crippen LogP) is 8.05. The summed E-state index contributed by atoms with van der Waals surface area (Å²) in [5.41, 5.74) is 2.24. The van der Waals surface area contributed by atoms with Crippen molar-refractivity contribution in [3.63, 3.8) is 0 Å². The number of nitrogens with one attached hydrogen (secondary N) is 2.